The number of piperazine rings is 1. The Morgan fingerprint density at radius 1 is 1.04 bits per heavy atom. The summed E-state index contributed by atoms with van der Waals surface area (Å²) in [6.45, 7) is 13.0. The second-order valence-electron chi connectivity index (χ2n) is 6.54. The molecule has 0 aliphatic carbocycles. The van der Waals surface area contributed by atoms with Crippen LogP contribution in [0.1, 0.15) is 20.8 Å². The van der Waals surface area contributed by atoms with Gasteiger partial charge in [-0.2, -0.15) is 0 Å². The lowest BCUT2D eigenvalue weighted by Gasteiger charge is -2.34. The number of Topliss-reactive ketones (excluding diaryl/α,β-unsaturated/α-hetero) is 1. The van der Waals surface area contributed by atoms with E-state index in [9.17, 15) is 14.4 Å². The average Bonchev–Trinajstić information content (AvgIpc) is 2.52. The molecule has 0 radical (unpaired) electrons. The van der Waals surface area contributed by atoms with E-state index >= 15 is 0 Å². The molecule has 1 aliphatic rings. The van der Waals surface area contributed by atoms with Gasteiger partial charge in [-0.25, -0.2) is 0 Å². The van der Waals surface area contributed by atoms with Crippen molar-refractivity contribution in [2.24, 2.45) is 5.92 Å². The number of nitrogens with zero attached hydrogens (tertiary/aromatic N) is 2. The van der Waals surface area contributed by atoms with Crippen molar-refractivity contribution in [2.75, 3.05) is 45.8 Å². The van der Waals surface area contributed by atoms with Crippen molar-refractivity contribution in [2.45, 2.75) is 26.8 Å². The first-order valence-corrected chi connectivity index (χ1v) is 8.45. The summed E-state index contributed by atoms with van der Waals surface area (Å²) in [5.41, 5.74) is 0. The molecule has 0 aromatic heterocycles. The molecule has 1 atom stereocenters. The lowest BCUT2D eigenvalue weighted by Crippen LogP contribution is -2.53. The summed E-state index contributed by atoms with van der Waals surface area (Å²) in [4.78, 5) is 39.5. The fraction of sp³-hybridized carbons (Fsp3) is 0.706. The van der Waals surface area contributed by atoms with Gasteiger partial charge in [-0.05, 0) is 12.8 Å². The molecule has 24 heavy (non-hydrogen) atoms. The summed E-state index contributed by atoms with van der Waals surface area (Å²) in [7, 11) is 0. The highest BCUT2D eigenvalue weighted by molar-refractivity contribution is 5.88. The van der Waals surface area contributed by atoms with Gasteiger partial charge in [-0.3, -0.25) is 24.2 Å². The van der Waals surface area contributed by atoms with E-state index in [1.54, 1.807) is 6.08 Å². The van der Waals surface area contributed by atoms with E-state index in [0.717, 1.165) is 26.2 Å². The standard InChI is InChI=1S/C17H30N4O3/c1-5-6-18-15(23)11-20-7-9-21(10-8-20)12-16(24)19-17(13(2)3)14(4)22/h5,13,17H,1,6-12H2,2-4H3,(H,18,23)(H,19,24). The Balaban J connectivity index is 2.32. The zero-order chi connectivity index (χ0) is 18.1. The van der Waals surface area contributed by atoms with Crippen LogP contribution in [0.25, 0.3) is 0 Å². The summed E-state index contributed by atoms with van der Waals surface area (Å²) in [6, 6.07) is -0.424. The first-order valence-electron chi connectivity index (χ1n) is 8.45. The third-order valence-electron chi connectivity index (χ3n) is 4.06. The van der Waals surface area contributed by atoms with E-state index in [1.165, 1.54) is 6.92 Å². The summed E-state index contributed by atoms with van der Waals surface area (Å²) in [6.07, 6.45) is 1.65. The van der Waals surface area contributed by atoms with E-state index < -0.39 is 6.04 Å². The Kier molecular flexibility index (Phi) is 8.63. The van der Waals surface area contributed by atoms with Crippen molar-refractivity contribution in [1.82, 2.24) is 20.4 Å². The minimum Gasteiger partial charge on any atom is -0.352 e. The fourth-order valence-electron chi connectivity index (χ4n) is 2.71. The summed E-state index contributed by atoms with van der Waals surface area (Å²) < 4.78 is 0. The molecule has 1 unspecified atom stereocenters. The Bertz CT molecular complexity index is 457. The monoisotopic (exact) mass is 338 g/mol. The van der Waals surface area contributed by atoms with Gasteiger partial charge in [0.2, 0.25) is 11.8 Å². The molecule has 1 aliphatic heterocycles. The maximum atomic E-state index is 12.1. The van der Waals surface area contributed by atoms with Crippen molar-refractivity contribution in [3.63, 3.8) is 0 Å². The third-order valence-corrected chi connectivity index (χ3v) is 4.06. The van der Waals surface area contributed by atoms with Crippen LogP contribution in [-0.4, -0.2) is 79.3 Å². The molecule has 1 saturated heterocycles. The van der Waals surface area contributed by atoms with Gasteiger partial charge >= 0.3 is 0 Å². The van der Waals surface area contributed by atoms with E-state index in [1.807, 2.05) is 18.7 Å². The molecule has 0 aromatic carbocycles. The molecule has 7 heteroatoms. The highest BCUT2D eigenvalue weighted by Crippen LogP contribution is 2.04. The van der Waals surface area contributed by atoms with Crippen LogP contribution in [0.15, 0.2) is 12.7 Å². The summed E-state index contributed by atoms with van der Waals surface area (Å²) in [5.74, 6) is -0.0746. The normalized spacial score (nSPS) is 17.3. The first-order chi connectivity index (χ1) is 11.3. The number of hydrogen-bond acceptors (Lipinski definition) is 5. The van der Waals surface area contributed by atoms with Crippen molar-refractivity contribution >= 4 is 17.6 Å². The van der Waals surface area contributed by atoms with Gasteiger partial charge in [0.1, 0.15) is 0 Å². The second kappa shape index (κ2) is 10.2. The van der Waals surface area contributed by atoms with E-state index in [2.05, 4.69) is 22.1 Å². The zero-order valence-electron chi connectivity index (χ0n) is 15.0. The molecule has 0 aromatic rings. The highest BCUT2D eigenvalue weighted by atomic mass is 16.2. The molecule has 0 bridgehead atoms. The largest absolute Gasteiger partial charge is 0.352 e. The second-order valence-corrected chi connectivity index (χ2v) is 6.54. The van der Waals surface area contributed by atoms with Gasteiger partial charge < -0.3 is 10.6 Å². The van der Waals surface area contributed by atoms with Gasteiger partial charge in [0.25, 0.3) is 0 Å². The first kappa shape index (κ1) is 20.3. The Hall–Kier alpha value is -1.73. The van der Waals surface area contributed by atoms with Crippen molar-refractivity contribution in [3.05, 3.63) is 12.7 Å². The SMILES string of the molecule is C=CCNC(=O)CN1CCN(CC(=O)NC(C(C)=O)C(C)C)CC1. The third kappa shape index (κ3) is 7.23. The molecule has 1 fully saturated rings. The van der Waals surface area contributed by atoms with E-state index in [0.29, 0.717) is 13.1 Å². The maximum absolute atomic E-state index is 12.1. The quantitative estimate of drug-likeness (QED) is 0.561. The number of ketones is 1. The number of hydrogen-bond donors (Lipinski definition) is 2. The summed E-state index contributed by atoms with van der Waals surface area (Å²) >= 11 is 0. The fourth-order valence-corrected chi connectivity index (χ4v) is 2.71. The summed E-state index contributed by atoms with van der Waals surface area (Å²) in [5, 5.41) is 5.57. The molecule has 1 heterocycles. The van der Waals surface area contributed by atoms with E-state index in [-0.39, 0.29) is 30.1 Å². The number of carbonyl (C=O) groups excluding carboxylic acids is 3. The van der Waals surface area contributed by atoms with Gasteiger partial charge in [-0.15, -0.1) is 6.58 Å². The van der Waals surface area contributed by atoms with Gasteiger partial charge in [0.05, 0.1) is 19.1 Å². The van der Waals surface area contributed by atoms with Crippen molar-refractivity contribution in [1.29, 1.82) is 0 Å². The number of nitrogens with one attached hydrogen (secondary N) is 2. The Labute approximate surface area is 144 Å². The van der Waals surface area contributed by atoms with Crippen LogP contribution < -0.4 is 10.6 Å². The van der Waals surface area contributed by atoms with Crippen LogP contribution in [0, 0.1) is 5.92 Å². The predicted molar refractivity (Wildman–Crippen MR) is 93.5 cm³/mol. The molecule has 2 N–H and O–H groups in total. The lowest BCUT2D eigenvalue weighted by atomic mass is 10.0. The Morgan fingerprint density at radius 3 is 1.96 bits per heavy atom. The Morgan fingerprint density at radius 2 is 1.54 bits per heavy atom. The van der Waals surface area contributed by atoms with Gasteiger partial charge in [0.15, 0.2) is 5.78 Å². The minimum absolute atomic E-state index is 0.0117. The van der Waals surface area contributed by atoms with Crippen LogP contribution in [-0.2, 0) is 14.4 Å². The molecular formula is C17H30N4O3. The van der Waals surface area contributed by atoms with Crippen molar-refractivity contribution in [3.8, 4) is 0 Å². The van der Waals surface area contributed by atoms with Gasteiger partial charge in [0, 0.05) is 32.7 Å². The zero-order valence-corrected chi connectivity index (χ0v) is 15.0. The molecular weight excluding hydrogens is 308 g/mol. The molecule has 2 amide bonds. The van der Waals surface area contributed by atoms with E-state index in [4.69, 9.17) is 0 Å². The topological polar surface area (TPSA) is 81.8 Å². The number of rotatable bonds is 9. The van der Waals surface area contributed by atoms with Crippen LogP contribution in [0.4, 0.5) is 0 Å². The predicted octanol–water partition coefficient (Wildman–Crippen LogP) is -0.364. The van der Waals surface area contributed by atoms with Crippen LogP contribution in [0.5, 0.6) is 0 Å². The average molecular weight is 338 g/mol. The highest BCUT2D eigenvalue weighted by Gasteiger charge is 2.24. The minimum atomic E-state index is -0.424. The molecule has 0 saturated carbocycles. The molecule has 136 valence electrons. The smallest absolute Gasteiger partial charge is 0.234 e. The van der Waals surface area contributed by atoms with Crippen LogP contribution >= 0.6 is 0 Å². The number of carbonyl (C=O) groups is 3. The van der Waals surface area contributed by atoms with Crippen LogP contribution in [0.3, 0.4) is 0 Å². The molecule has 0 spiro atoms. The molecule has 7 nitrogen and oxygen atoms in total. The molecule has 1 rings (SSSR count). The van der Waals surface area contributed by atoms with Gasteiger partial charge in [-0.1, -0.05) is 19.9 Å². The number of amides is 2. The van der Waals surface area contributed by atoms with Crippen molar-refractivity contribution < 1.29 is 14.4 Å². The van der Waals surface area contributed by atoms with Crippen LogP contribution in [0.2, 0.25) is 0 Å². The maximum Gasteiger partial charge on any atom is 0.234 e. The lowest BCUT2D eigenvalue weighted by molar-refractivity contribution is -0.129.